The molecule has 2 aromatic carbocycles. The molecule has 4 aromatic rings. The largest absolute Gasteiger partial charge is 0.471 e. The van der Waals surface area contributed by atoms with E-state index < -0.39 is 5.91 Å². The highest BCUT2D eigenvalue weighted by Gasteiger charge is 2.13. The lowest BCUT2D eigenvalue weighted by Gasteiger charge is -2.08. The molecule has 0 saturated carbocycles. The summed E-state index contributed by atoms with van der Waals surface area (Å²) in [5.74, 6) is 0.195. The Morgan fingerprint density at radius 2 is 1.87 bits per heavy atom. The van der Waals surface area contributed by atoms with Gasteiger partial charge in [-0.1, -0.05) is 30.3 Å². The number of rotatable bonds is 7. The van der Waals surface area contributed by atoms with Crippen molar-refractivity contribution in [1.82, 2.24) is 24.5 Å². The zero-order valence-electron chi connectivity index (χ0n) is 16.2. The quantitative estimate of drug-likeness (QED) is 0.509. The van der Waals surface area contributed by atoms with Crippen molar-refractivity contribution in [3.8, 4) is 5.75 Å². The number of hydrogen-bond acceptors (Lipinski definition) is 5. The average molecular weight is 406 g/mol. The first-order valence-electron chi connectivity index (χ1n) is 9.24. The molecule has 0 radical (unpaired) electrons. The number of halogens is 1. The van der Waals surface area contributed by atoms with Gasteiger partial charge in [0.1, 0.15) is 17.9 Å². The van der Waals surface area contributed by atoms with Gasteiger partial charge in [0, 0.05) is 6.20 Å². The van der Waals surface area contributed by atoms with Crippen molar-refractivity contribution >= 4 is 11.9 Å². The number of nitrogens with zero attached hydrogens (tertiary/aromatic N) is 5. The number of anilines is 1. The SMILES string of the molecule is Cc1ccccc1OCn1ccc(C(=O)Nc2ncn(Cc3ccc(F)cc3)n2)n1. The maximum atomic E-state index is 13.0. The number of para-hydroxylation sites is 1. The van der Waals surface area contributed by atoms with Gasteiger partial charge in [0.15, 0.2) is 12.4 Å². The van der Waals surface area contributed by atoms with Gasteiger partial charge in [0.2, 0.25) is 5.95 Å². The predicted octanol–water partition coefficient (Wildman–Crippen LogP) is 3.26. The summed E-state index contributed by atoms with van der Waals surface area (Å²) in [6, 6.07) is 15.4. The molecule has 0 aliphatic heterocycles. The van der Waals surface area contributed by atoms with Crippen LogP contribution in [-0.4, -0.2) is 30.5 Å². The van der Waals surface area contributed by atoms with E-state index in [0.29, 0.717) is 6.54 Å². The van der Waals surface area contributed by atoms with Crippen molar-refractivity contribution in [1.29, 1.82) is 0 Å². The number of ether oxygens (including phenoxy) is 1. The summed E-state index contributed by atoms with van der Waals surface area (Å²) in [5, 5.41) is 11.0. The van der Waals surface area contributed by atoms with E-state index in [1.165, 1.54) is 23.1 Å². The summed E-state index contributed by atoms with van der Waals surface area (Å²) < 4.78 is 21.8. The Hall–Kier alpha value is -4.01. The van der Waals surface area contributed by atoms with E-state index >= 15 is 0 Å². The molecule has 1 amide bonds. The molecule has 0 unspecified atom stereocenters. The zero-order valence-corrected chi connectivity index (χ0v) is 16.2. The van der Waals surface area contributed by atoms with Gasteiger partial charge in [-0.3, -0.25) is 10.1 Å². The minimum Gasteiger partial charge on any atom is -0.471 e. The van der Waals surface area contributed by atoms with Crippen LogP contribution in [0.15, 0.2) is 67.1 Å². The average Bonchev–Trinajstić information content (AvgIpc) is 3.39. The third kappa shape index (κ3) is 4.69. The number of carbonyl (C=O) groups excluding carboxylic acids is 1. The maximum Gasteiger partial charge on any atom is 0.278 e. The van der Waals surface area contributed by atoms with Gasteiger partial charge in [-0.25, -0.2) is 18.7 Å². The highest BCUT2D eigenvalue weighted by molar-refractivity contribution is 6.01. The molecular weight excluding hydrogens is 387 g/mol. The monoisotopic (exact) mass is 406 g/mol. The van der Waals surface area contributed by atoms with Gasteiger partial charge >= 0.3 is 0 Å². The summed E-state index contributed by atoms with van der Waals surface area (Å²) >= 11 is 0. The van der Waals surface area contributed by atoms with Crippen molar-refractivity contribution in [2.24, 2.45) is 0 Å². The first kappa shape index (κ1) is 19.3. The standard InChI is InChI=1S/C21H19FN6O2/c1-15-4-2-3-5-19(15)30-14-27-11-10-18(25-27)20(29)24-21-23-13-28(26-21)12-16-6-8-17(22)9-7-16/h2-11,13H,12,14H2,1H3,(H,24,26,29). The topological polar surface area (TPSA) is 86.9 Å². The Kier molecular flexibility index (Phi) is 5.51. The molecule has 0 aliphatic carbocycles. The molecule has 0 aliphatic rings. The number of amides is 1. The van der Waals surface area contributed by atoms with Gasteiger partial charge in [-0.15, -0.1) is 5.10 Å². The Morgan fingerprint density at radius 1 is 1.07 bits per heavy atom. The second-order valence-corrected chi connectivity index (χ2v) is 6.63. The first-order valence-corrected chi connectivity index (χ1v) is 9.24. The molecule has 0 saturated heterocycles. The van der Waals surface area contributed by atoms with E-state index in [4.69, 9.17) is 4.74 Å². The Labute approximate surface area is 171 Å². The Balaban J connectivity index is 1.34. The second-order valence-electron chi connectivity index (χ2n) is 6.63. The number of aromatic nitrogens is 5. The molecule has 9 heteroatoms. The van der Waals surface area contributed by atoms with Gasteiger partial charge in [0.25, 0.3) is 5.91 Å². The van der Waals surface area contributed by atoms with Crippen LogP contribution in [0.25, 0.3) is 0 Å². The van der Waals surface area contributed by atoms with E-state index in [2.05, 4.69) is 20.5 Å². The highest BCUT2D eigenvalue weighted by atomic mass is 19.1. The van der Waals surface area contributed by atoms with Gasteiger partial charge in [-0.05, 0) is 42.3 Å². The zero-order chi connectivity index (χ0) is 20.9. The van der Waals surface area contributed by atoms with Crippen molar-refractivity contribution in [3.05, 3.63) is 89.8 Å². The van der Waals surface area contributed by atoms with Crippen molar-refractivity contribution in [2.75, 3.05) is 5.32 Å². The Morgan fingerprint density at radius 3 is 2.67 bits per heavy atom. The van der Waals surface area contributed by atoms with Crippen LogP contribution in [0.4, 0.5) is 10.3 Å². The molecule has 0 spiro atoms. The molecule has 1 N–H and O–H groups in total. The first-order chi connectivity index (χ1) is 14.6. The number of aryl methyl sites for hydroxylation is 1. The van der Waals surface area contributed by atoms with E-state index in [1.807, 2.05) is 31.2 Å². The fourth-order valence-corrected chi connectivity index (χ4v) is 2.78. The van der Waals surface area contributed by atoms with Crippen LogP contribution in [0, 0.1) is 12.7 Å². The van der Waals surface area contributed by atoms with Crippen LogP contribution in [-0.2, 0) is 13.3 Å². The van der Waals surface area contributed by atoms with Crippen LogP contribution in [0.2, 0.25) is 0 Å². The van der Waals surface area contributed by atoms with Gasteiger partial charge in [0.05, 0.1) is 6.54 Å². The summed E-state index contributed by atoms with van der Waals surface area (Å²) in [4.78, 5) is 16.5. The molecule has 0 atom stereocenters. The van der Waals surface area contributed by atoms with E-state index in [1.54, 1.807) is 29.1 Å². The summed E-state index contributed by atoms with van der Waals surface area (Å²) in [6.07, 6.45) is 3.15. The van der Waals surface area contributed by atoms with Crippen LogP contribution in [0.5, 0.6) is 5.75 Å². The summed E-state index contributed by atoms with van der Waals surface area (Å²) in [6.45, 7) is 2.55. The van der Waals surface area contributed by atoms with Crippen molar-refractivity contribution in [2.45, 2.75) is 20.2 Å². The highest BCUT2D eigenvalue weighted by Crippen LogP contribution is 2.16. The van der Waals surface area contributed by atoms with Crippen LogP contribution in [0.1, 0.15) is 21.6 Å². The third-order valence-corrected chi connectivity index (χ3v) is 4.34. The van der Waals surface area contributed by atoms with E-state index in [0.717, 1.165) is 16.9 Å². The second kappa shape index (κ2) is 8.56. The van der Waals surface area contributed by atoms with Gasteiger partial charge in [-0.2, -0.15) is 5.10 Å². The number of hydrogen-bond donors (Lipinski definition) is 1. The van der Waals surface area contributed by atoms with Crippen LogP contribution < -0.4 is 10.1 Å². The molecule has 8 nitrogen and oxygen atoms in total. The lowest BCUT2D eigenvalue weighted by molar-refractivity contribution is 0.101. The smallest absolute Gasteiger partial charge is 0.278 e. The fraction of sp³-hybridized carbons (Fsp3) is 0.143. The maximum absolute atomic E-state index is 13.0. The van der Waals surface area contributed by atoms with Gasteiger partial charge < -0.3 is 4.74 Å². The molecule has 0 fully saturated rings. The minimum atomic E-state index is -0.427. The fourth-order valence-electron chi connectivity index (χ4n) is 2.78. The molecule has 152 valence electrons. The predicted molar refractivity (Wildman–Crippen MR) is 108 cm³/mol. The molecular formula is C21H19FN6O2. The summed E-state index contributed by atoms with van der Waals surface area (Å²) in [5.41, 5.74) is 2.11. The molecule has 0 bridgehead atoms. The minimum absolute atomic E-state index is 0.160. The van der Waals surface area contributed by atoms with E-state index in [-0.39, 0.29) is 24.2 Å². The van der Waals surface area contributed by atoms with Crippen molar-refractivity contribution < 1.29 is 13.9 Å². The van der Waals surface area contributed by atoms with Crippen LogP contribution >= 0.6 is 0 Å². The lowest BCUT2D eigenvalue weighted by Crippen LogP contribution is -2.15. The van der Waals surface area contributed by atoms with Crippen molar-refractivity contribution in [3.63, 3.8) is 0 Å². The Bertz CT molecular complexity index is 1150. The molecule has 4 rings (SSSR count). The number of carbonyl (C=O) groups is 1. The molecule has 2 aromatic heterocycles. The van der Waals surface area contributed by atoms with Crippen LogP contribution in [0.3, 0.4) is 0 Å². The summed E-state index contributed by atoms with van der Waals surface area (Å²) in [7, 11) is 0. The normalized spacial score (nSPS) is 10.7. The van der Waals surface area contributed by atoms with E-state index in [9.17, 15) is 9.18 Å². The lowest BCUT2D eigenvalue weighted by atomic mass is 10.2. The molecule has 30 heavy (non-hydrogen) atoms. The number of benzene rings is 2. The number of nitrogens with one attached hydrogen (secondary N) is 1. The molecule has 2 heterocycles. The third-order valence-electron chi connectivity index (χ3n) is 4.34.